The predicted octanol–water partition coefficient (Wildman–Crippen LogP) is 6.55. The fourth-order valence-electron chi connectivity index (χ4n) is 9.17. The first-order valence-corrected chi connectivity index (χ1v) is 32.6. The van der Waals surface area contributed by atoms with Crippen LogP contribution in [0.2, 0.25) is 0 Å². The predicted molar refractivity (Wildman–Crippen MR) is 370 cm³/mol. The highest BCUT2D eigenvalue weighted by atomic mass is 32.1. The Morgan fingerprint density at radius 2 is 0.699 bits per heavy atom. The number of aromatic amines is 3. The Hall–Kier alpha value is -9.47. The third-order valence-electron chi connectivity index (χ3n) is 13.6. The smallest absolute Gasteiger partial charge is 0.344 e. The molecular weight excluding hydrogens is 1360 g/mol. The number of thiophene rings is 1. The van der Waals surface area contributed by atoms with E-state index in [1.165, 1.54) is 21.3 Å². The Kier molecular flexibility index (Phi) is 34.3. The van der Waals surface area contributed by atoms with Gasteiger partial charge in [-0.15, -0.1) is 11.3 Å². The van der Waals surface area contributed by atoms with E-state index in [0.717, 1.165) is 26.2 Å². The number of fused-ring (bicyclic) bond motifs is 8. The largest absolute Gasteiger partial charge is 0.482 e. The summed E-state index contributed by atoms with van der Waals surface area (Å²) in [6, 6.07) is 45.7. The zero-order valence-electron chi connectivity index (χ0n) is 57.2. The molecule has 8 aromatic rings. The fraction of sp³-hybridized carbons (Fsp3) is 0.320. The van der Waals surface area contributed by atoms with E-state index in [1.807, 2.05) is 121 Å². The number of carbonyl (C=O) groups is 1. The molecule has 0 saturated carbocycles. The number of nitrogens with one attached hydrogen (secondary N) is 3. The Bertz CT molecular complexity index is 4340. The lowest BCUT2D eigenvalue weighted by atomic mass is 10.0. The molecule has 4 aromatic carbocycles. The van der Waals surface area contributed by atoms with Gasteiger partial charge in [0.25, 0.3) is 0 Å². The van der Waals surface area contributed by atoms with Gasteiger partial charge in [0.05, 0.1) is 50.8 Å². The normalized spacial score (nSPS) is 11.7. The van der Waals surface area contributed by atoms with Crippen LogP contribution in [-0.2, 0) is 94.8 Å². The zero-order valence-corrected chi connectivity index (χ0v) is 58.0. The average Bonchev–Trinajstić information content (AvgIpc) is 1.63. The lowest BCUT2D eigenvalue weighted by Crippen LogP contribution is -2.17. The highest BCUT2D eigenvalue weighted by Crippen LogP contribution is 2.32. The molecule has 5 heterocycles. The lowest BCUT2D eigenvalue weighted by molar-refractivity contribution is -0.209. The maximum atomic E-state index is 12.3. The molecule has 0 atom stereocenters. The van der Waals surface area contributed by atoms with Gasteiger partial charge in [-0.2, -0.15) is 0 Å². The summed E-state index contributed by atoms with van der Waals surface area (Å²) in [7, 11) is 4.56. The van der Waals surface area contributed by atoms with Crippen LogP contribution in [0.5, 0.6) is 23.0 Å². The standard InChI is InChI=1S/C75H79N3O24S/c1-5-98-74(79)36-99-59-20-18-58(19-21-59)75-71-30-29-69(78-71)64(23-16-56-10-7-13-61(34-56)101-53-96-50-93-47-90-44-87-41-84-38-81-3)67-26-25-66(76-67)63(22-15-55-9-6-12-60(33-55)100-52-95-49-92-46-89-43-86-40-83-37-80-2)68-27-28-70(77-68)65(72-31-32-73(75)103-72)24-17-57-11-8-14-62(35-57)102-54-97-51-94-48-91-45-88-42-85-39-82-4/h6-14,18-21,25-35,76-78H,5,36-54H2,1-4H3. The minimum absolute atomic E-state index is 0.0155. The maximum Gasteiger partial charge on any atom is 0.344 e. The van der Waals surface area contributed by atoms with E-state index < -0.39 is 5.97 Å². The number of H-pyrrole nitrogens is 3. The number of carbonyl (C=O) groups excluding carboxylic acids is 1. The number of esters is 1. The molecule has 0 amide bonds. The Labute approximate surface area is 598 Å². The van der Waals surface area contributed by atoms with Crippen molar-refractivity contribution in [1.82, 2.24) is 15.0 Å². The summed E-state index contributed by atoms with van der Waals surface area (Å²) in [6.45, 7) is 1.23. The van der Waals surface area contributed by atoms with Gasteiger partial charge in [0, 0.05) is 58.7 Å². The molecule has 0 unspecified atom stereocenters. The molecule has 0 fully saturated rings. The summed E-state index contributed by atoms with van der Waals surface area (Å²) in [5, 5.41) is 2.88. The van der Waals surface area contributed by atoms with Gasteiger partial charge in [-0.05, 0) is 128 Å². The van der Waals surface area contributed by atoms with E-state index >= 15 is 0 Å². The molecule has 8 bridgehead atoms. The molecule has 1 aliphatic heterocycles. The second kappa shape index (κ2) is 45.5. The van der Waals surface area contributed by atoms with Gasteiger partial charge in [-0.3, -0.25) is 0 Å². The van der Waals surface area contributed by atoms with E-state index in [2.05, 4.69) is 62.6 Å². The van der Waals surface area contributed by atoms with E-state index in [0.29, 0.717) is 83.8 Å². The molecule has 0 saturated heterocycles. The second-order valence-corrected chi connectivity index (χ2v) is 22.0. The van der Waals surface area contributed by atoms with Gasteiger partial charge in [0.1, 0.15) is 43.4 Å². The molecule has 1 aliphatic rings. The molecule has 0 aliphatic carbocycles. The first-order chi connectivity index (χ1) is 50.9. The van der Waals surface area contributed by atoms with Crippen LogP contribution in [0.3, 0.4) is 0 Å². The Balaban J connectivity index is 1.05. The summed E-state index contributed by atoms with van der Waals surface area (Å²) in [5.74, 6) is 22.3. The molecule has 0 spiro atoms. The fourth-order valence-corrected chi connectivity index (χ4v) is 10.3. The van der Waals surface area contributed by atoms with E-state index in [4.69, 9.17) is 109 Å². The maximum absolute atomic E-state index is 12.3. The van der Waals surface area contributed by atoms with Crippen molar-refractivity contribution >= 4 is 39.6 Å². The van der Waals surface area contributed by atoms with Crippen molar-refractivity contribution in [3.63, 3.8) is 0 Å². The molecule has 28 heteroatoms. The van der Waals surface area contributed by atoms with E-state index in [9.17, 15) is 4.79 Å². The first-order valence-electron chi connectivity index (χ1n) is 31.8. The van der Waals surface area contributed by atoms with Gasteiger partial charge >= 0.3 is 5.97 Å². The quantitative estimate of drug-likeness (QED) is 0.0158. The number of methoxy groups -OCH3 is 3. The van der Waals surface area contributed by atoms with Crippen molar-refractivity contribution in [3.8, 4) is 58.5 Å². The number of ether oxygens (including phenoxy) is 23. The summed E-state index contributed by atoms with van der Waals surface area (Å²) in [4.78, 5) is 25.2. The second-order valence-electron chi connectivity index (χ2n) is 21.0. The minimum atomic E-state index is -0.470. The number of rotatable bonds is 44. The van der Waals surface area contributed by atoms with E-state index in [1.54, 1.807) is 30.4 Å². The van der Waals surface area contributed by atoms with Gasteiger partial charge < -0.3 is 124 Å². The summed E-state index contributed by atoms with van der Waals surface area (Å²) >= 11 is 1.55. The molecule has 103 heavy (non-hydrogen) atoms. The zero-order chi connectivity index (χ0) is 71.6. The van der Waals surface area contributed by atoms with Crippen molar-refractivity contribution in [2.45, 2.75) is 6.92 Å². The highest BCUT2D eigenvalue weighted by Gasteiger charge is 2.17. The molecule has 3 N–H and O–H groups in total. The molecule has 9 rings (SSSR count). The van der Waals surface area contributed by atoms with Crippen LogP contribution >= 0.6 is 11.3 Å². The van der Waals surface area contributed by atoms with Crippen LogP contribution in [0.4, 0.5) is 0 Å². The third kappa shape index (κ3) is 27.0. The van der Waals surface area contributed by atoms with Crippen LogP contribution in [0.15, 0.2) is 146 Å². The van der Waals surface area contributed by atoms with E-state index in [-0.39, 0.29) is 135 Å². The molecular formula is C75H79N3O24S. The SMILES string of the molecule is CCOC(=O)COc1ccc(C2=c3ccc([nH]3)=C(C#Cc3cccc(OCOCOCOCOCOCOC)c3)c3ccc([nH]3)C(C#Cc3cccc(OCOCOCOCOCOCOC)c3)=c3ccc([nH]3)=C(C#Cc3cccc(OCOCOCOCOCOCOC)c3)c3ccc2s3)cc1. The van der Waals surface area contributed by atoms with Gasteiger partial charge in [-0.1, -0.05) is 65.9 Å². The molecule has 544 valence electrons. The van der Waals surface area contributed by atoms with Crippen molar-refractivity contribution < 1.29 is 114 Å². The number of hydrogen-bond donors (Lipinski definition) is 3. The van der Waals surface area contributed by atoms with Gasteiger partial charge in [0.15, 0.2) is 109 Å². The Morgan fingerprint density at radius 1 is 0.340 bits per heavy atom. The number of aromatic nitrogens is 3. The van der Waals surface area contributed by atoms with Crippen LogP contribution in [0, 0.1) is 35.5 Å². The topological polar surface area (TPSA) is 277 Å². The lowest BCUT2D eigenvalue weighted by Gasteiger charge is -2.09. The van der Waals surface area contributed by atoms with Crippen LogP contribution in [0.1, 0.15) is 50.3 Å². The minimum Gasteiger partial charge on any atom is -0.482 e. The molecule has 0 radical (unpaired) electrons. The monoisotopic (exact) mass is 1440 g/mol. The number of benzene rings is 4. The summed E-state index contributed by atoms with van der Waals surface area (Å²) < 4.78 is 122. The Morgan fingerprint density at radius 3 is 1.11 bits per heavy atom. The first kappa shape index (κ1) is 77.7. The van der Waals surface area contributed by atoms with Crippen molar-refractivity contribution in [1.29, 1.82) is 0 Å². The van der Waals surface area contributed by atoms with Crippen molar-refractivity contribution in [2.24, 2.45) is 0 Å². The van der Waals surface area contributed by atoms with Crippen molar-refractivity contribution in [2.75, 3.05) is 157 Å². The molecule has 27 nitrogen and oxygen atoms in total. The van der Waals surface area contributed by atoms with Crippen molar-refractivity contribution in [3.05, 3.63) is 210 Å². The van der Waals surface area contributed by atoms with Gasteiger partial charge in [0.2, 0.25) is 0 Å². The average molecular weight is 1440 g/mol. The van der Waals surface area contributed by atoms with Crippen LogP contribution < -0.4 is 40.3 Å². The third-order valence-corrected chi connectivity index (χ3v) is 14.7. The van der Waals surface area contributed by atoms with Crippen LogP contribution in [-0.4, -0.2) is 178 Å². The summed E-state index contributed by atoms with van der Waals surface area (Å²) in [6.07, 6.45) is 0. The van der Waals surface area contributed by atoms with Crippen LogP contribution in [0.25, 0.3) is 22.3 Å². The number of hydrogen-bond acceptors (Lipinski definition) is 25. The summed E-state index contributed by atoms with van der Waals surface area (Å²) in [5.41, 5.74) is 7.04. The van der Waals surface area contributed by atoms with Gasteiger partial charge in [-0.25, -0.2) is 4.79 Å². The molecule has 4 aromatic heterocycles. The highest BCUT2D eigenvalue weighted by molar-refractivity contribution is 7.14.